The standard InChI is InChI=1S/C14H11F5O3/c1-21-12(20)10-5-13(6-15,7-16)22-11-3-2-8(4-9(10)11)14(17,18)19/h2-5H,6-7H2,1H3. The molecule has 0 spiro atoms. The molecule has 120 valence electrons. The van der Waals surface area contributed by atoms with E-state index in [0.717, 1.165) is 19.3 Å². The Bertz CT molecular complexity index is 617. The normalized spacial score (nSPS) is 16.4. The van der Waals surface area contributed by atoms with Gasteiger partial charge in [-0.3, -0.25) is 0 Å². The fourth-order valence-electron chi connectivity index (χ4n) is 2.04. The Kier molecular flexibility index (Phi) is 4.12. The van der Waals surface area contributed by atoms with Gasteiger partial charge in [-0.15, -0.1) is 0 Å². The van der Waals surface area contributed by atoms with E-state index in [1.54, 1.807) is 0 Å². The molecular formula is C14H11F5O3. The molecule has 8 heteroatoms. The SMILES string of the molecule is COC(=O)C1=CC(CF)(CF)Oc2ccc(C(F)(F)F)cc21. The lowest BCUT2D eigenvalue weighted by Gasteiger charge is -2.32. The number of alkyl halides is 5. The molecule has 1 aromatic rings. The summed E-state index contributed by atoms with van der Waals surface area (Å²) in [5, 5.41) is 0. The monoisotopic (exact) mass is 322 g/mol. The first-order valence-corrected chi connectivity index (χ1v) is 6.10. The quantitative estimate of drug-likeness (QED) is 0.632. The zero-order chi connectivity index (χ0) is 16.5. The number of esters is 1. The number of methoxy groups -OCH3 is 1. The number of hydrogen-bond donors (Lipinski definition) is 0. The van der Waals surface area contributed by atoms with Crippen molar-refractivity contribution in [1.82, 2.24) is 0 Å². The van der Waals surface area contributed by atoms with Crippen molar-refractivity contribution in [1.29, 1.82) is 0 Å². The second kappa shape index (κ2) is 5.58. The molecule has 0 aliphatic carbocycles. The van der Waals surface area contributed by atoms with Crippen molar-refractivity contribution in [2.75, 3.05) is 20.5 Å². The first kappa shape index (κ1) is 16.3. The van der Waals surface area contributed by atoms with Gasteiger partial charge in [0.2, 0.25) is 0 Å². The molecule has 22 heavy (non-hydrogen) atoms. The molecule has 1 heterocycles. The molecule has 0 bridgehead atoms. The molecular weight excluding hydrogens is 311 g/mol. The number of halogens is 5. The van der Waals surface area contributed by atoms with Crippen molar-refractivity contribution in [3.05, 3.63) is 35.4 Å². The summed E-state index contributed by atoms with van der Waals surface area (Å²) in [4.78, 5) is 11.7. The van der Waals surface area contributed by atoms with Gasteiger partial charge in [0.1, 0.15) is 19.1 Å². The maximum Gasteiger partial charge on any atom is 0.416 e. The van der Waals surface area contributed by atoms with E-state index in [1.807, 2.05) is 0 Å². The van der Waals surface area contributed by atoms with Gasteiger partial charge < -0.3 is 9.47 Å². The number of rotatable bonds is 3. The molecule has 0 amide bonds. The van der Waals surface area contributed by atoms with Crippen LogP contribution in [0.2, 0.25) is 0 Å². The summed E-state index contributed by atoms with van der Waals surface area (Å²) >= 11 is 0. The van der Waals surface area contributed by atoms with Crippen LogP contribution in [0.4, 0.5) is 22.0 Å². The van der Waals surface area contributed by atoms with Gasteiger partial charge in [-0.25, -0.2) is 13.6 Å². The van der Waals surface area contributed by atoms with Crippen molar-refractivity contribution < 1.29 is 36.2 Å². The van der Waals surface area contributed by atoms with E-state index in [9.17, 15) is 26.7 Å². The highest BCUT2D eigenvalue weighted by Gasteiger charge is 2.40. The summed E-state index contributed by atoms with van der Waals surface area (Å²) in [6.45, 7) is -2.57. The second-order valence-electron chi connectivity index (χ2n) is 4.69. The number of fused-ring (bicyclic) bond motifs is 1. The van der Waals surface area contributed by atoms with Gasteiger partial charge in [-0.05, 0) is 24.3 Å². The van der Waals surface area contributed by atoms with Crippen LogP contribution >= 0.6 is 0 Å². The Morgan fingerprint density at radius 3 is 2.41 bits per heavy atom. The summed E-state index contributed by atoms with van der Waals surface area (Å²) in [5.74, 6) is -1.22. The van der Waals surface area contributed by atoms with Gasteiger partial charge in [-0.1, -0.05) is 0 Å². The highest BCUT2D eigenvalue weighted by molar-refractivity contribution is 6.18. The summed E-state index contributed by atoms with van der Waals surface area (Å²) in [6, 6.07) is 2.31. The molecule has 0 radical (unpaired) electrons. The lowest BCUT2D eigenvalue weighted by Crippen LogP contribution is -2.42. The molecule has 1 aliphatic heterocycles. The van der Waals surface area contributed by atoms with E-state index in [0.29, 0.717) is 12.1 Å². The van der Waals surface area contributed by atoms with Gasteiger partial charge in [0.15, 0.2) is 5.60 Å². The molecule has 0 aromatic heterocycles. The Morgan fingerprint density at radius 1 is 1.27 bits per heavy atom. The van der Waals surface area contributed by atoms with E-state index in [2.05, 4.69) is 4.74 Å². The Balaban J connectivity index is 2.62. The lowest BCUT2D eigenvalue weighted by molar-refractivity contribution is -0.138. The molecule has 0 atom stereocenters. The molecule has 0 N–H and O–H groups in total. The van der Waals surface area contributed by atoms with Gasteiger partial charge in [0.05, 0.1) is 18.2 Å². The van der Waals surface area contributed by atoms with Crippen molar-refractivity contribution in [2.45, 2.75) is 11.8 Å². The van der Waals surface area contributed by atoms with Crippen molar-refractivity contribution in [2.24, 2.45) is 0 Å². The first-order chi connectivity index (χ1) is 10.3. The number of carbonyl (C=O) groups is 1. The largest absolute Gasteiger partial charge is 0.477 e. The summed E-state index contributed by atoms with van der Waals surface area (Å²) in [6.07, 6.45) is -3.81. The maximum absolute atomic E-state index is 13.1. The van der Waals surface area contributed by atoms with E-state index in [1.165, 1.54) is 0 Å². The molecule has 1 aliphatic rings. The molecule has 0 fully saturated rings. The van der Waals surface area contributed by atoms with Crippen molar-refractivity contribution >= 4 is 11.5 Å². The van der Waals surface area contributed by atoms with Crippen LogP contribution in [0.1, 0.15) is 11.1 Å². The van der Waals surface area contributed by atoms with Crippen LogP contribution in [0.25, 0.3) is 5.57 Å². The van der Waals surface area contributed by atoms with Crippen molar-refractivity contribution in [3.63, 3.8) is 0 Å². The van der Waals surface area contributed by atoms with Gasteiger partial charge in [0, 0.05) is 5.56 Å². The summed E-state index contributed by atoms with van der Waals surface area (Å²) in [7, 11) is 1.01. The van der Waals surface area contributed by atoms with Gasteiger partial charge >= 0.3 is 12.1 Å². The van der Waals surface area contributed by atoms with Gasteiger partial charge in [0.25, 0.3) is 0 Å². The predicted octanol–water partition coefficient (Wildman–Crippen LogP) is 3.33. The van der Waals surface area contributed by atoms with E-state index in [-0.39, 0.29) is 16.9 Å². The van der Waals surface area contributed by atoms with Gasteiger partial charge in [-0.2, -0.15) is 13.2 Å². The maximum atomic E-state index is 13.1. The minimum atomic E-state index is -4.63. The number of hydrogen-bond acceptors (Lipinski definition) is 3. The molecule has 1 aromatic carbocycles. The molecule has 0 unspecified atom stereocenters. The van der Waals surface area contributed by atoms with Crippen LogP contribution in [0.5, 0.6) is 5.75 Å². The lowest BCUT2D eigenvalue weighted by atomic mass is 9.92. The smallest absolute Gasteiger partial charge is 0.416 e. The van der Waals surface area contributed by atoms with Crippen LogP contribution in [0.15, 0.2) is 24.3 Å². The molecule has 3 nitrogen and oxygen atoms in total. The highest BCUT2D eigenvalue weighted by atomic mass is 19.4. The fraction of sp³-hybridized carbons (Fsp3) is 0.357. The predicted molar refractivity (Wildman–Crippen MR) is 66.7 cm³/mol. The van der Waals surface area contributed by atoms with E-state index < -0.39 is 36.7 Å². The Hall–Kier alpha value is -2.12. The topological polar surface area (TPSA) is 35.5 Å². The fourth-order valence-corrected chi connectivity index (χ4v) is 2.04. The van der Waals surface area contributed by atoms with Crippen LogP contribution in [-0.4, -0.2) is 32.0 Å². The van der Waals surface area contributed by atoms with Crippen molar-refractivity contribution in [3.8, 4) is 5.75 Å². The summed E-state index contributed by atoms with van der Waals surface area (Å²) in [5.41, 5.74) is -3.65. The highest BCUT2D eigenvalue weighted by Crippen LogP contribution is 2.40. The average molecular weight is 322 g/mol. The van der Waals surface area contributed by atoms with E-state index in [4.69, 9.17) is 4.74 Å². The summed E-state index contributed by atoms with van der Waals surface area (Å²) < 4.78 is 74.0. The number of carbonyl (C=O) groups excluding carboxylic acids is 1. The van der Waals surface area contributed by atoms with Crippen LogP contribution < -0.4 is 4.74 Å². The van der Waals surface area contributed by atoms with Crippen LogP contribution in [0.3, 0.4) is 0 Å². The number of ether oxygens (including phenoxy) is 2. The molecule has 2 rings (SSSR count). The number of benzene rings is 1. The molecule has 0 saturated heterocycles. The average Bonchev–Trinajstić information content (AvgIpc) is 2.51. The third kappa shape index (κ3) is 2.77. The first-order valence-electron chi connectivity index (χ1n) is 6.10. The zero-order valence-corrected chi connectivity index (χ0v) is 11.3. The minimum Gasteiger partial charge on any atom is -0.477 e. The second-order valence-corrected chi connectivity index (χ2v) is 4.69. The van der Waals surface area contributed by atoms with E-state index >= 15 is 0 Å². The Labute approximate surface area is 122 Å². The third-order valence-corrected chi connectivity index (χ3v) is 3.18. The third-order valence-electron chi connectivity index (χ3n) is 3.18. The van der Waals surface area contributed by atoms with Crippen LogP contribution in [0, 0.1) is 0 Å². The molecule has 0 saturated carbocycles. The van der Waals surface area contributed by atoms with Crippen LogP contribution in [-0.2, 0) is 15.7 Å². The zero-order valence-electron chi connectivity index (χ0n) is 11.3. The minimum absolute atomic E-state index is 0.216. The Morgan fingerprint density at radius 2 is 1.91 bits per heavy atom.